The number of rotatable bonds is 11. The van der Waals surface area contributed by atoms with E-state index in [1.54, 1.807) is 13.8 Å². The van der Waals surface area contributed by atoms with Gasteiger partial charge >= 0.3 is 11.7 Å². The van der Waals surface area contributed by atoms with E-state index in [0.717, 1.165) is 14.0 Å². The van der Waals surface area contributed by atoms with Gasteiger partial charge in [-0.2, -0.15) is 0 Å². The zero-order chi connectivity index (χ0) is 21.8. The molecule has 1 fully saturated rings. The second kappa shape index (κ2) is 9.26. The molecule has 13 nitrogen and oxygen atoms in total. The van der Waals surface area contributed by atoms with Crippen molar-refractivity contribution in [3.8, 4) is 11.8 Å². The van der Waals surface area contributed by atoms with Gasteiger partial charge in [0.2, 0.25) is 0 Å². The Morgan fingerprint density at radius 1 is 0.828 bits per heavy atom. The monoisotopic (exact) mass is 418 g/mol. The average molecular weight is 418 g/mol. The molecule has 0 aromatic carbocycles. The normalized spacial score (nSPS) is 16.3. The van der Waals surface area contributed by atoms with Gasteiger partial charge in [0.1, 0.15) is 32.5 Å². The van der Waals surface area contributed by atoms with Gasteiger partial charge in [0, 0.05) is 14.2 Å². The van der Waals surface area contributed by atoms with Crippen molar-refractivity contribution in [2.75, 3.05) is 40.9 Å². The summed E-state index contributed by atoms with van der Waals surface area (Å²) in [6.45, 7) is 2.39. The summed E-state index contributed by atoms with van der Waals surface area (Å²) < 4.78 is 21.9. The van der Waals surface area contributed by atoms with Crippen LogP contribution in [0.3, 0.4) is 0 Å². The first-order valence-electron chi connectivity index (χ1n) is 8.66. The highest BCUT2D eigenvalue weighted by molar-refractivity contribution is 6.06. The molecule has 0 saturated carbocycles. The van der Waals surface area contributed by atoms with E-state index in [1.165, 1.54) is 19.1 Å². The standard InChI is InChI=1S/C16H26N4O9/c1-16(2)13(23)19(15(25)20(16)10-27-4)9-29-6-5-28-8-18-12(22)11(21)17(7-26-3)14(18)24/h21-22H,5-10H2,1-4H3. The second-order valence-corrected chi connectivity index (χ2v) is 6.70. The number of carbonyl (C=O) groups excluding carboxylic acids is 2. The van der Waals surface area contributed by atoms with Gasteiger partial charge < -0.3 is 29.2 Å². The quantitative estimate of drug-likeness (QED) is 0.350. The van der Waals surface area contributed by atoms with E-state index in [0.29, 0.717) is 0 Å². The molecule has 1 aromatic rings. The maximum atomic E-state index is 12.4. The number of amides is 3. The number of methoxy groups -OCH3 is 2. The lowest BCUT2D eigenvalue weighted by molar-refractivity contribution is -0.136. The molecule has 0 bridgehead atoms. The zero-order valence-corrected chi connectivity index (χ0v) is 16.8. The lowest BCUT2D eigenvalue weighted by Gasteiger charge is -2.26. The number of urea groups is 1. The lowest BCUT2D eigenvalue weighted by Crippen LogP contribution is -2.45. The number of carbonyl (C=O) groups is 2. The molecule has 164 valence electrons. The molecule has 1 aliphatic heterocycles. The topological polar surface area (TPSA) is 145 Å². The van der Waals surface area contributed by atoms with E-state index in [-0.39, 0.29) is 40.1 Å². The van der Waals surface area contributed by atoms with E-state index >= 15 is 0 Å². The number of aromatic nitrogens is 2. The number of aromatic hydroxyl groups is 2. The van der Waals surface area contributed by atoms with Gasteiger partial charge in [-0.1, -0.05) is 0 Å². The Kier molecular flexibility index (Phi) is 7.24. The van der Waals surface area contributed by atoms with Gasteiger partial charge in [-0.25, -0.2) is 23.6 Å². The van der Waals surface area contributed by atoms with Crippen LogP contribution in [-0.4, -0.2) is 87.5 Å². The molecule has 1 saturated heterocycles. The molecule has 0 aliphatic carbocycles. The van der Waals surface area contributed by atoms with Crippen molar-refractivity contribution in [3.05, 3.63) is 10.5 Å². The van der Waals surface area contributed by atoms with E-state index in [9.17, 15) is 24.6 Å². The third kappa shape index (κ3) is 4.37. The van der Waals surface area contributed by atoms with E-state index in [1.807, 2.05) is 0 Å². The second-order valence-electron chi connectivity index (χ2n) is 6.70. The van der Waals surface area contributed by atoms with E-state index in [2.05, 4.69) is 0 Å². The van der Waals surface area contributed by atoms with Gasteiger partial charge in [-0.15, -0.1) is 0 Å². The van der Waals surface area contributed by atoms with Crippen LogP contribution in [-0.2, 0) is 37.2 Å². The minimum atomic E-state index is -1.04. The zero-order valence-electron chi connectivity index (χ0n) is 16.8. The molecule has 13 heteroatoms. The molecule has 1 aliphatic rings. The first kappa shape index (κ1) is 22.7. The number of hydrogen-bond donors (Lipinski definition) is 2. The summed E-state index contributed by atoms with van der Waals surface area (Å²) in [5, 5.41) is 19.5. The Bertz CT molecular complexity index is 801. The number of ether oxygens (including phenoxy) is 4. The SMILES string of the molecule is COCN1C(=O)N(COCCOCn2c(O)c(O)n(COC)c2=O)C(=O)C1(C)C. The number of imidazole rings is 1. The first-order valence-corrected chi connectivity index (χ1v) is 8.66. The summed E-state index contributed by atoms with van der Waals surface area (Å²) in [7, 11) is 2.76. The van der Waals surface area contributed by atoms with Crippen LogP contribution in [0, 0.1) is 0 Å². The van der Waals surface area contributed by atoms with Crippen LogP contribution in [0.4, 0.5) is 4.79 Å². The molecule has 0 unspecified atom stereocenters. The fourth-order valence-electron chi connectivity index (χ4n) is 2.74. The Labute approximate surface area is 166 Å². The predicted octanol–water partition coefficient (Wildman–Crippen LogP) is -0.740. The Morgan fingerprint density at radius 2 is 1.34 bits per heavy atom. The molecule has 1 aromatic heterocycles. The van der Waals surface area contributed by atoms with Gasteiger partial charge in [-0.3, -0.25) is 9.69 Å². The molecular formula is C16H26N4O9. The fraction of sp³-hybridized carbons (Fsp3) is 0.688. The minimum Gasteiger partial charge on any atom is -0.491 e. The third-order valence-corrected chi connectivity index (χ3v) is 4.41. The molecule has 0 spiro atoms. The lowest BCUT2D eigenvalue weighted by atomic mass is 10.1. The summed E-state index contributed by atoms with van der Waals surface area (Å²) in [6, 6.07) is -0.519. The maximum absolute atomic E-state index is 12.4. The summed E-state index contributed by atoms with van der Waals surface area (Å²) in [5.74, 6) is -1.69. The van der Waals surface area contributed by atoms with Crippen LogP contribution in [0.15, 0.2) is 4.79 Å². The Morgan fingerprint density at radius 3 is 1.90 bits per heavy atom. The van der Waals surface area contributed by atoms with Crippen molar-refractivity contribution < 1.29 is 38.7 Å². The molecule has 0 atom stereocenters. The Balaban J connectivity index is 1.81. The molecule has 0 radical (unpaired) electrons. The van der Waals surface area contributed by atoms with Crippen LogP contribution < -0.4 is 5.69 Å². The van der Waals surface area contributed by atoms with E-state index in [4.69, 9.17) is 18.9 Å². The highest BCUT2D eigenvalue weighted by Crippen LogP contribution is 2.27. The third-order valence-electron chi connectivity index (χ3n) is 4.41. The van der Waals surface area contributed by atoms with Crippen LogP contribution in [0.1, 0.15) is 13.8 Å². The molecular weight excluding hydrogens is 392 g/mol. The van der Waals surface area contributed by atoms with E-state index < -0.39 is 34.9 Å². The van der Waals surface area contributed by atoms with Crippen LogP contribution in [0.2, 0.25) is 0 Å². The molecule has 3 amide bonds. The molecule has 2 N–H and O–H groups in total. The maximum Gasteiger partial charge on any atom is 0.337 e. The summed E-state index contributed by atoms with van der Waals surface area (Å²) in [4.78, 5) is 39.0. The van der Waals surface area contributed by atoms with Crippen LogP contribution in [0.5, 0.6) is 11.8 Å². The molecule has 2 rings (SSSR count). The fourth-order valence-corrected chi connectivity index (χ4v) is 2.74. The largest absolute Gasteiger partial charge is 0.491 e. The van der Waals surface area contributed by atoms with Crippen molar-refractivity contribution in [1.82, 2.24) is 18.9 Å². The average Bonchev–Trinajstić information content (AvgIpc) is 2.97. The van der Waals surface area contributed by atoms with Crippen LogP contribution in [0.25, 0.3) is 0 Å². The van der Waals surface area contributed by atoms with Gasteiger partial charge in [0.25, 0.3) is 17.7 Å². The van der Waals surface area contributed by atoms with Crippen molar-refractivity contribution in [1.29, 1.82) is 0 Å². The van der Waals surface area contributed by atoms with Crippen molar-refractivity contribution in [3.63, 3.8) is 0 Å². The first-order chi connectivity index (χ1) is 13.7. The number of imide groups is 1. The van der Waals surface area contributed by atoms with Crippen molar-refractivity contribution in [2.45, 2.75) is 32.8 Å². The summed E-state index contributed by atoms with van der Waals surface area (Å²) in [6.07, 6.45) is 0. The van der Waals surface area contributed by atoms with Gasteiger partial charge in [0.15, 0.2) is 0 Å². The summed E-state index contributed by atoms with van der Waals surface area (Å²) in [5.41, 5.74) is -1.75. The molecule has 29 heavy (non-hydrogen) atoms. The van der Waals surface area contributed by atoms with Crippen molar-refractivity contribution >= 4 is 11.9 Å². The number of nitrogens with zero attached hydrogens (tertiary/aromatic N) is 4. The van der Waals surface area contributed by atoms with Crippen molar-refractivity contribution in [2.24, 2.45) is 0 Å². The predicted molar refractivity (Wildman–Crippen MR) is 95.8 cm³/mol. The minimum absolute atomic E-state index is 0.00347. The highest BCUT2D eigenvalue weighted by Gasteiger charge is 2.51. The van der Waals surface area contributed by atoms with Gasteiger partial charge in [0.05, 0.1) is 13.2 Å². The summed E-state index contributed by atoms with van der Waals surface area (Å²) >= 11 is 0. The Hall–Kier alpha value is -2.61. The van der Waals surface area contributed by atoms with Crippen LogP contribution >= 0.6 is 0 Å². The van der Waals surface area contributed by atoms with Gasteiger partial charge in [-0.05, 0) is 13.8 Å². The molecule has 2 heterocycles. The number of hydrogen-bond acceptors (Lipinski definition) is 9. The smallest absolute Gasteiger partial charge is 0.337 e. The highest BCUT2D eigenvalue weighted by atomic mass is 16.5.